The number of rotatable bonds is 5. The number of hydrogen-bond acceptors (Lipinski definition) is 2. The molecule has 3 N–H and O–H groups in total. The Morgan fingerprint density at radius 1 is 1.29 bits per heavy atom. The molecule has 2 fully saturated rings. The molecule has 14 heavy (non-hydrogen) atoms. The molecular formula is C10H16N2O2. The van der Waals surface area contributed by atoms with Crippen LogP contribution in [0.3, 0.4) is 0 Å². The SMILES string of the molecule is NC(=O)[C@H](CC1CC1)NC(=O)C1CC1. The van der Waals surface area contributed by atoms with Gasteiger partial charge in [-0.05, 0) is 25.2 Å². The van der Waals surface area contributed by atoms with Crippen LogP contribution in [-0.4, -0.2) is 17.9 Å². The van der Waals surface area contributed by atoms with Crippen molar-refractivity contribution in [2.45, 2.75) is 38.1 Å². The third kappa shape index (κ3) is 2.47. The second kappa shape index (κ2) is 3.59. The first-order valence-corrected chi connectivity index (χ1v) is 5.26. The second-order valence-electron chi connectivity index (χ2n) is 4.42. The lowest BCUT2D eigenvalue weighted by Crippen LogP contribution is -2.45. The number of hydrogen-bond donors (Lipinski definition) is 2. The summed E-state index contributed by atoms with van der Waals surface area (Å²) in [4.78, 5) is 22.5. The van der Waals surface area contributed by atoms with Crippen LogP contribution in [0.1, 0.15) is 32.1 Å². The van der Waals surface area contributed by atoms with Gasteiger partial charge in [0.25, 0.3) is 0 Å². The number of primary amides is 1. The van der Waals surface area contributed by atoms with E-state index in [1.54, 1.807) is 0 Å². The summed E-state index contributed by atoms with van der Waals surface area (Å²) in [6.45, 7) is 0. The number of nitrogens with two attached hydrogens (primary N) is 1. The number of amides is 2. The van der Waals surface area contributed by atoms with Gasteiger partial charge < -0.3 is 11.1 Å². The van der Waals surface area contributed by atoms with Gasteiger partial charge in [-0.2, -0.15) is 0 Å². The fraction of sp³-hybridized carbons (Fsp3) is 0.800. The normalized spacial score (nSPS) is 22.9. The minimum Gasteiger partial charge on any atom is -0.368 e. The van der Waals surface area contributed by atoms with E-state index in [-0.39, 0.29) is 11.8 Å². The van der Waals surface area contributed by atoms with Crippen molar-refractivity contribution in [3.05, 3.63) is 0 Å². The van der Waals surface area contributed by atoms with E-state index < -0.39 is 11.9 Å². The highest BCUT2D eigenvalue weighted by atomic mass is 16.2. The Hall–Kier alpha value is -1.06. The molecule has 0 bridgehead atoms. The topological polar surface area (TPSA) is 72.2 Å². The zero-order valence-corrected chi connectivity index (χ0v) is 8.16. The Balaban J connectivity index is 1.81. The average Bonchev–Trinajstić information content (AvgIpc) is 2.98. The highest BCUT2D eigenvalue weighted by Gasteiger charge is 2.34. The fourth-order valence-electron chi connectivity index (χ4n) is 1.57. The minimum atomic E-state index is -0.435. The monoisotopic (exact) mass is 196 g/mol. The zero-order chi connectivity index (χ0) is 10.1. The first-order chi connectivity index (χ1) is 6.66. The van der Waals surface area contributed by atoms with Crippen molar-refractivity contribution in [3.63, 3.8) is 0 Å². The summed E-state index contributed by atoms with van der Waals surface area (Å²) in [5, 5.41) is 2.74. The van der Waals surface area contributed by atoms with Crippen molar-refractivity contribution in [1.29, 1.82) is 0 Å². The third-order valence-electron chi connectivity index (χ3n) is 2.87. The van der Waals surface area contributed by atoms with E-state index in [2.05, 4.69) is 5.32 Å². The molecule has 2 aliphatic rings. The summed E-state index contributed by atoms with van der Waals surface area (Å²) in [6.07, 6.45) is 4.99. The summed E-state index contributed by atoms with van der Waals surface area (Å²) in [5.74, 6) is 0.364. The maximum atomic E-state index is 11.4. The molecule has 0 aliphatic heterocycles. The van der Waals surface area contributed by atoms with Gasteiger partial charge >= 0.3 is 0 Å². The van der Waals surface area contributed by atoms with Crippen LogP contribution in [0.4, 0.5) is 0 Å². The van der Waals surface area contributed by atoms with Crippen molar-refractivity contribution in [2.75, 3.05) is 0 Å². The highest BCUT2D eigenvalue weighted by Crippen LogP contribution is 2.34. The van der Waals surface area contributed by atoms with Crippen molar-refractivity contribution in [3.8, 4) is 0 Å². The third-order valence-corrected chi connectivity index (χ3v) is 2.87. The predicted octanol–water partition coefficient (Wildman–Crippen LogP) is 0.167. The van der Waals surface area contributed by atoms with Crippen LogP contribution < -0.4 is 11.1 Å². The Morgan fingerprint density at radius 2 is 1.93 bits per heavy atom. The molecule has 2 aliphatic carbocycles. The van der Waals surface area contributed by atoms with Gasteiger partial charge in [-0.15, -0.1) is 0 Å². The Kier molecular flexibility index (Phi) is 2.44. The van der Waals surface area contributed by atoms with E-state index in [1.165, 1.54) is 12.8 Å². The van der Waals surface area contributed by atoms with Crippen LogP contribution in [0, 0.1) is 11.8 Å². The largest absolute Gasteiger partial charge is 0.368 e. The summed E-state index contributed by atoms with van der Waals surface area (Å²) < 4.78 is 0. The fourth-order valence-corrected chi connectivity index (χ4v) is 1.57. The van der Waals surface area contributed by atoms with E-state index in [0.717, 1.165) is 19.3 Å². The van der Waals surface area contributed by atoms with E-state index >= 15 is 0 Å². The molecule has 2 saturated carbocycles. The van der Waals surface area contributed by atoms with E-state index in [1.807, 2.05) is 0 Å². The lowest BCUT2D eigenvalue weighted by Gasteiger charge is -2.14. The molecule has 4 nitrogen and oxygen atoms in total. The van der Waals surface area contributed by atoms with Crippen LogP contribution >= 0.6 is 0 Å². The van der Waals surface area contributed by atoms with Gasteiger partial charge in [0.05, 0.1) is 0 Å². The second-order valence-corrected chi connectivity index (χ2v) is 4.42. The summed E-state index contributed by atoms with van der Waals surface area (Å²) in [5.41, 5.74) is 5.23. The average molecular weight is 196 g/mol. The van der Waals surface area contributed by atoms with Crippen molar-refractivity contribution >= 4 is 11.8 Å². The first-order valence-electron chi connectivity index (χ1n) is 5.26. The first kappa shape index (κ1) is 9.49. The van der Waals surface area contributed by atoms with Gasteiger partial charge in [0.15, 0.2) is 0 Å². The zero-order valence-electron chi connectivity index (χ0n) is 8.16. The number of carbonyl (C=O) groups is 2. The standard InChI is InChI=1S/C10H16N2O2/c11-9(13)8(5-6-1-2-6)12-10(14)7-3-4-7/h6-8H,1-5H2,(H2,11,13)(H,12,14)/t8-/m0/s1. The molecule has 2 amide bonds. The predicted molar refractivity (Wildman–Crippen MR) is 51.2 cm³/mol. The molecule has 0 heterocycles. The lowest BCUT2D eigenvalue weighted by atomic mass is 10.1. The van der Waals surface area contributed by atoms with Gasteiger partial charge in [0.2, 0.25) is 11.8 Å². The van der Waals surface area contributed by atoms with Gasteiger partial charge in [-0.3, -0.25) is 9.59 Å². The van der Waals surface area contributed by atoms with E-state index in [0.29, 0.717) is 5.92 Å². The van der Waals surface area contributed by atoms with Crippen molar-refractivity contribution in [1.82, 2.24) is 5.32 Å². The van der Waals surface area contributed by atoms with Crippen LogP contribution in [0.25, 0.3) is 0 Å². The van der Waals surface area contributed by atoms with Gasteiger partial charge in [0, 0.05) is 5.92 Å². The Bertz CT molecular complexity index is 257. The maximum Gasteiger partial charge on any atom is 0.240 e. The smallest absolute Gasteiger partial charge is 0.240 e. The minimum absolute atomic E-state index is 0.00875. The van der Waals surface area contributed by atoms with E-state index in [9.17, 15) is 9.59 Å². The molecule has 0 aromatic carbocycles. The molecule has 2 rings (SSSR count). The number of nitrogens with one attached hydrogen (secondary N) is 1. The quantitative estimate of drug-likeness (QED) is 0.657. The maximum absolute atomic E-state index is 11.4. The van der Waals surface area contributed by atoms with Gasteiger partial charge in [-0.1, -0.05) is 12.8 Å². The van der Waals surface area contributed by atoms with Crippen molar-refractivity contribution < 1.29 is 9.59 Å². The molecule has 4 heteroatoms. The molecule has 0 spiro atoms. The van der Waals surface area contributed by atoms with Gasteiger partial charge in [-0.25, -0.2) is 0 Å². The van der Waals surface area contributed by atoms with Crippen LogP contribution in [0.2, 0.25) is 0 Å². The van der Waals surface area contributed by atoms with E-state index in [4.69, 9.17) is 5.73 Å². The molecule has 0 saturated heterocycles. The van der Waals surface area contributed by atoms with Crippen LogP contribution in [0.5, 0.6) is 0 Å². The number of carbonyl (C=O) groups excluding carboxylic acids is 2. The molecule has 78 valence electrons. The van der Waals surface area contributed by atoms with Crippen LogP contribution in [0.15, 0.2) is 0 Å². The molecule has 0 aromatic rings. The Morgan fingerprint density at radius 3 is 2.36 bits per heavy atom. The van der Waals surface area contributed by atoms with Crippen LogP contribution in [-0.2, 0) is 9.59 Å². The highest BCUT2D eigenvalue weighted by molar-refractivity contribution is 5.88. The molecule has 0 unspecified atom stereocenters. The summed E-state index contributed by atoms with van der Waals surface area (Å²) in [7, 11) is 0. The molecular weight excluding hydrogens is 180 g/mol. The summed E-state index contributed by atoms with van der Waals surface area (Å²) in [6, 6.07) is -0.435. The Labute approximate surface area is 83.2 Å². The van der Waals surface area contributed by atoms with Crippen molar-refractivity contribution in [2.24, 2.45) is 17.6 Å². The molecule has 0 aromatic heterocycles. The lowest BCUT2D eigenvalue weighted by molar-refractivity contribution is -0.128. The molecule has 1 atom stereocenters. The van der Waals surface area contributed by atoms with Gasteiger partial charge in [0.1, 0.15) is 6.04 Å². The summed E-state index contributed by atoms with van der Waals surface area (Å²) >= 11 is 0. The molecule has 0 radical (unpaired) electrons.